The van der Waals surface area contributed by atoms with Crippen LogP contribution in [0, 0.1) is 25.2 Å². The van der Waals surface area contributed by atoms with Crippen molar-refractivity contribution in [3.8, 4) is 16.8 Å². The number of carbonyl (C=O) groups excluding carboxylic acids is 3. The van der Waals surface area contributed by atoms with Crippen LogP contribution in [0.1, 0.15) is 52.7 Å². The Morgan fingerprint density at radius 1 is 1.14 bits per heavy atom. The maximum absolute atomic E-state index is 13.4. The van der Waals surface area contributed by atoms with Gasteiger partial charge in [0, 0.05) is 16.3 Å². The number of hydrogen-bond donors (Lipinski definition) is 1. The highest BCUT2D eigenvalue weighted by atomic mass is 32.1. The molecule has 1 aliphatic carbocycles. The summed E-state index contributed by atoms with van der Waals surface area (Å²) in [6.07, 6.45) is 5.62. The molecule has 0 unspecified atom stereocenters. The van der Waals surface area contributed by atoms with Gasteiger partial charge < -0.3 is 9.30 Å². The lowest BCUT2D eigenvalue weighted by atomic mass is 9.96. The first-order valence-electron chi connectivity index (χ1n) is 12.2. The monoisotopic (exact) mass is 514 g/mol. The van der Waals surface area contributed by atoms with Crippen molar-refractivity contribution in [2.24, 2.45) is 0 Å². The van der Waals surface area contributed by atoms with Crippen molar-refractivity contribution in [2.45, 2.75) is 46.5 Å². The van der Waals surface area contributed by atoms with Crippen LogP contribution in [0.25, 0.3) is 11.1 Å². The summed E-state index contributed by atoms with van der Waals surface area (Å²) in [4.78, 5) is 40.9. The van der Waals surface area contributed by atoms with Gasteiger partial charge in [0.15, 0.2) is 0 Å². The van der Waals surface area contributed by atoms with Crippen LogP contribution in [-0.4, -0.2) is 29.0 Å². The Balaban J connectivity index is 1.53. The number of benzene rings is 1. The molecule has 0 atom stereocenters. The van der Waals surface area contributed by atoms with E-state index in [9.17, 15) is 19.6 Å². The number of aromatic nitrogens is 1. The molecule has 2 aromatic heterocycles. The number of anilines is 1. The second-order valence-electron chi connectivity index (χ2n) is 9.05. The number of thiophene rings is 1. The number of hydrogen-bond acceptors (Lipinski definition) is 6. The van der Waals surface area contributed by atoms with E-state index >= 15 is 0 Å². The van der Waals surface area contributed by atoms with Crippen molar-refractivity contribution in [1.29, 1.82) is 5.26 Å². The van der Waals surface area contributed by atoms with Crippen LogP contribution in [0.5, 0.6) is 5.75 Å². The first-order valence-corrected chi connectivity index (χ1v) is 13.0. The Hall–Kier alpha value is -4.16. The normalized spacial score (nSPS) is 16.5. The van der Waals surface area contributed by atoms with Crippen molar-refractivity contribution < 1.29 is 19.1 Å². The van der Waals surface area contributed by atoms with Gasteiger partial charge in [0.2, 0.25) is 0 Å². The number of nitriles is 1. The second kappa shape index (κ2) is 9.71. The van der Waals surface area contributed by atoms with Crippen LogP contribution in [0.3, 0.4) is 0 Å². The zero-order valence-corrected chi connectivity index (χ0v) is 21.7. The minimum absolute atomic E-state index is 0.139. The minimum atomic E-state index is -0.801. The molecule has 3 heterocycles. The van der Waals surface area contributed by atoms with E-state index in [0.29, 0.717) is 29.2 Å². The van der Waals surface area contributed by atoms with Crippen LogP contribution < -0.4 is 15.0 Å². The fourth-order valence-electron chi connectivity index (χ4n) is 4.98. The minimum Gasteiger partial charge on any atom is -0.494 e. The highest BCUT2D eigenvalue weighted by Crippen LogP contribution is 2.38. The molecule has 1 fully saturated rings. The SMILES string of the molecule is CCOc1ccc(N2C(=O)NC(=O)/C(=C/c3cc(C)n(-c4sc5c(c4C#N)CCCC5)c3C)C2=O)cc1. The van der Waals surface area contributed by atoms with E-state index in [1.165, 1.54) is 11.0 Å². The number of fused-ring (bicyclic) bond motifs is 1. The number of nitrogens with zero attached hydrogens (tertiary/aromatic N) is 3. The van der Waals surface area contributed by atoms with Gasteiger partial charge in [0.25, 0.3) is 11.8 Å². The van der Waals surface area contributed by atoms with Crippen LogP contribution in [-0.2, 0) is 22.4 Å². The number of aryl methyl sites for hydroxylation is 2. The summed E-state index contributed by atoms with van der Waals surface area (Å²) in [5.74, 6) is -0.833. The predicted octanol–water partition coefficient (Wildman–Crippen LogP) is 4.97. The fourth-order valence-corrected chi connectivity index (χ4v) is 6.43. The maximum atomic E-state index is 13.4. The molecule has 188 valence electrons. The Kier molecular flexibility index (Phi) is 6.44. The molecule has 4 amide bonds. The van der Waals surface area contributed by atoms with Crippen LogP contribution >= 0.6 is 11.3 Å². The number of ether oxygens (including phenoxy) is 1. The molecule has 1 aliphatic heterocycles. The maximum Gasteiger partial charge on any atom is 0.335 e. The first kappa shape index (κ1) is 24.5. The van der Waals surface area contributed by atoms with Crippen molar-refractivity contribution in [3.63, 3.8) is 0 Å². The molecule has 37 heavy (non-hydrogen) atoms. The van der Waals surface area contributed by atoms with Crippen molar-refractivity contribution in [3.05, 3.63) is 68.9 Å². The number of urea groups is 1. The summed E-state index contributed by atoms with van der Waals surface area (Å²) >= 11 is 1.64. The zero-order chi connectivity index (χ0) is 26.3. The van der Waals surface area contributed by atoms with E-state index in [1.54, 1.807) is 35.6 Å². The summed E-state index contributed by atoms with van der Waals surface area (Å²) in [6.45, 7) is 6.20. The molecular formula is C28H26N4O4S. The number of nitrogens with one attached hydrogen (secondary N) is 1. The highest BCUT2D eigenvalue weighted by molar-refractivity contribution is 7.15. The predicted molar refractivity (Wildman–Crippen MR) is 141 cm³/mol. The lowest BCUT2D eigenvalue weighted by Gasteiger charge is -2.26. The van der Waals surface area contributed by atoms with Crippen LogP contribution in [0.15, 0.2) is 35.9 Å². The molecule has 5 rings (SSSR count). The Bertz CT molecular complexity index is 1500. The largest absolute Gasteiger partial charge is 0.494 e. The van der Waals surface area contributed by atoms with Gasteiger partial charge in [-0.1, -0.05) is 0 Å². The second-order valence-corrected chi connectivity index (χ2v) is 10.1. The molecule has 1 saturated heterocycles. The average molecular weight is 515 g/mol. The Morgan fingerprint density at radius 3 is 2.57 bits per heavy atom. The summed E-state index contributed by atoms with van der Waals surface area (Å²) < 4.78 is 7.46. The third-order valence-electron chi connectivity index (χ3n) is 6.75. The zero-order valence-electron chi connectivity index (χ0n) is 20.9. The number of imide groups is 2. The van der Waals surface area contributed by atoms with Crippen LogP contribution in [0.4, 0.5) is 10.5 Å². The number of amides is 4. The van der Waals surface area contributed by atoms with Gasteiger partial charge >= 0.3 is 6.03 Å². The third kappa shape index (κ3) is 4.23. The summed E-state index contributed by atoms with van der Waals surface area (Å²) in [7, 11) is 0. The number of rotatable bonds is 5. The summed E-state index contributed by atoms with van der Waals surface area (Å²) in [6, 6.07) is 10.0. The molecule has 0 bridgehead atoms. The van der Waals surface area contributed by atoms with E-state index in [0.717, 1.165) is 52.5 Å². The fraction of sp³-hybridized carbons (Fsp3) is 0.286. The molecule has 1 aromatic carbocycles. The number of barbiturate groups is 1. The van der Waals surface area contributed by atoms with E-state index in [-0.39, 0.29) is 5.57 Å². The van der Waals surface area contributed by atoms with E-state index in [4.69, 9.17) is 4.74 Å². The summed E-state index contributed by atoms with van der Waals surface area (Å²) in [5.41, 5.74) is 4.42. The van der Waals surface area contributed by atoms with Crippen LogP contribution in [0.2, 0.25) is 0 Å². The van der Waals surface area contributed by atoms with Gasteiger partial charge in [-0.3, -0.25) is 14.9 Å². The topological polar surface area (TPSA) is 104 Å². The molecule has 0 saturated carbocycles. The van der Waals surface area contributed by atoms with E-state index in [2.05, 4.69) is 11.4 Å². The van der Waals surface area contributed by atoms with Gasteiger partial charge in [0.05, 0.1) is 17.9 Å². The van der Waals surface area contributed by atoms with Crippen molar-refractivity contribution in [1.82, 2.24) is 9.88 Å². The molecule has 8 nitrogen and oxygen atoms in total. The average Bonchev–Trinajstić information content (AvgIpc) is 3.38. The third-order valence-corrected chi connectivity index (χ3v) is 8.02. The Morgan fingerprint density at radius 2 is 1.86 bits per heavy atom. The van der Waals surface area contributed by atoms with Crippen molar-refractivity contribution >= 4 is 40.9 Å². The number of carbonyl (C=O) groups is 3. The standard InChI is InChI=1S/C28H26N4O4S/c1-4-36-20-11-9-19(10-12-20)32-26(34)22(25(33)30-28(32)35)14-18-13-16(2)31(17(18)3)27-23(15-29)21-7-5-6-8-24(21)37-27/h9-14H,4-8H2,1-3H3,(H,30,33,35)/b22-14-. The molecular weight excluding hydrogens is 488 g/mol. The summed E-state index contributed by atoms with van der Waals surface area (Å²) in [5, 5.41) is 13.1. The smallest absolute Gasteiger partial charge is 0.335 e. The lowest BCUT2D eigenvalue weighted by molar-refractivity contribution is -0.122. The Labute approximate surface area is 218 Å². The van der Waals surface area contributed by atoms with Crippen molar-refractivity contribution in [2.75, 3.05) is 11.5 Å². The molecule has 3 aromatic rings. The molecule has 2 aliphatic rings. The van der Waals surface area contributed by atoms with E-state index in [1.807, 2.05) is 31.4 Å². The molecule has 0 radical (unpaired) electrons. The van der Waals surface area contributed by atoms with Gasteiger partial charge in [-0.25, -0.2) is 9.69 Å². The molecule has 0 spiro atoms. The van der Waals surface area contributed by atoms with E-state index < -0.39 is 17.8 Å². The molecule has 9 heteroatoms. The van der Waals surface area contributed by atoms with Gasteiger partial charge in [-0.2, -0.15) is 5.26 Å². The van der Waals surface area contributed by atoms with Gasteiger partial charge in [-0.15, -0.1) is 11.3 Å². The quantitative estimate of drug-likeness (QED) is 0.382. The lowest BCUT2D eigenvalue weighted by Crippen LogP contribution is -2.54. The molecule has 1 N–H and O–H groups in total. The van der Waals surface area contributed by atoms with Gasteiger partial charge in [0.1, 0.15) is 22.4 Å². The van der Waals surface area contributed by atoms with Gasteiger partial charge in [-0.05, 0) is 94.0 Å². The first-order chi connectivity index (χ1) is 17.8. The highest BCUT2D eigenvalue weighted by Gasteiger charge is 2.37.